The van der Waals surface area contributed by atoms with Gasteiger partial charge in [0.1, 0.15) is 5.82 Å². The first-order valence-electron chi connectivity index (χ1n) is 7.45. The molecule has 2 rings (SSSR count). The summed E-state index contributed by atoms with van der Waals surface area (Å²) in [5.74, 6) is -1.39. The van der Waals surface area contributed by atoms with Crippen molar-refractivity contribution in [2.75, 3.05) is 13.2 Å². The number of rotatable bonds is 8. The Hall–Kier alpha value is -2.56. The van der Waals surface area contributed by atoms with Crippen molar-refractivity contribution in [1.82, 2.24) is 0 Å². The molecule has 0 heterocycles. The second-order valence-electron chi connectivity index (χ2n) is 4.93. The molecule has 23 heavy (non-hydrogen) atoms. The largest absolute Gasteiger partial charge is 0.490 e. The lowest BCUT2D eigenvalue weighted by Crippen LogP contribution is -2.16. The molecule has 0 amide bonds. The van der Waals surface area contributed by atoms with Crippen LogP contribution in [0.4, 0.5) is 4.39 Å². The van der Waals surface area contributed by atoms with Crippen molar-refractivity contribution in [3.8, 4) is 11.5 Å². The summed E-state index contributed by atoms with van der Waals surface area (Å²) in [6.07, 6.45) is 0.163. The summed E-state index contributed by atoms with van der Waals surface area (Å²) < 4.78 is 24.9. The van der Waals surface area contributed by atoms with Gasteiger partial charge in [0, 0.05) is 5.56 Å². The number of aliphatic carboxylic acids is 1. The number of carboxylic acids is 1. The maximum absolute atomic E-state index is 13.8. The first-order chi connectivity index (χ1) is 11.1. The third kappa shape index (κ3) is 4.45. The van der Waals surface area contributed by atoms with Crippen LogP contribution in [0, 0.1) is 5.82 Å². The van der Waals surface area contributed by atoms with Crippen LogP contribution in [0.2, 0.25) is 0 Å². The van der Waals surface area contributed by atoms with Gasteiger partial charge in [0.25, 0.3) is 0 Å². The Balaban J connectivity index is 2.04. The summed E-state index contributed by atoms with van der Waals surface area (Å²) in [6, 6.07) is 13.1. The van der Waals surface area contributed by atoms with Crippen molar-refractivity contribution in [3.05, 3.63) is 59.9 Å². The molecule has 0 aromatic heterocycles. The lowest BCUT2D eigenvalue weighted by atomic mass is 9.96. The molecule has 0 saturated heterocycles. The van der Waals surface area contributed by atoms with E-state index < -0.39 is 17.7 Å². The predicted octanol–water partition coefficient (Wildman–Crippen LogP) is 3.86. The maximum Gasteiger partial charge on any atom is 0.311 e. The maximum atomic E-state index is 13.8. The molecular weight excluding hydrogens is 299 g/mol. The molecule has 1 N–H and O–H groups in total. The number of para-hydroxylation sites is 2. The lowest BCUT2D eigenvalue weighted by Gasteiger charge is -2.15. The van der Waals surface area contributed by atoms with E-state index in [0.29, 0.717) is 18.1 Å². The van der Waals surface area contributed by atoms with Crippen LogP contribution in [0.15, 0.2) is 48.5 Å². The van der Waals surface area contributed by atoms with Gasteiger partial charge in [0.05, 0.1) is 19.1 Å². The fourth-order valence-electron chi connectivity index (χ4n) is 2.30. The second kappa shape index (κ2) is 8.17. The molecular formula is C18H19FO4. The van der Waals surface area contributed by atoms with E-state index in [9.17, 15) is 14.3 Å². The highest BCUT2D eigenvalue weighted by Crippen LogP contribution is 2.28. The SMILES string of the molecule is CCOc1ccccc1OCCC(C(=O)O)c1ccccc1F. The van der Waals surface area contributed by atoms with E-state index in [2.05, 4.69) is 0 Å². The van der Waals surface area contributed by atoms with Gasteiger partial charge >= 0.3 is 5.97 Å². The number of carboxylic acid groups (broad SMARTS) is 1. The van der Waals surface area contributed by atoms with E-state index in [1.807, 2.05) is 19.1 Å². The molecule has 4 nitrogen and oxygen atoms in total. The minimum Gasteiger partial charge on any atom is -0.490 e. The first-order valence-corrected chi connectivity index (χ1v) is 7.45. The zero-order valence-corrected chi connectivity index (χ0v) is 12.9. The highest BCUT2D eigenvalue weighted by Gasteiger charge is 2.23. The van der Waals surface area contributed by atoms with Gasteiger partial charge in [-0.05, 0) is 31.5 Å². The van der Waals surface area contributed by atoms with Crippen LogP contribution in [0.5, 0.6) is 11.5 Å². The van der Waals surface area contributed by atoms with Crippen LogP contribution >= 0.6 is 0 Å². The van der Waals surface area contributed by atoms with E-state index in [1.54, 1.807) is 18.2 Å². The minimum atomic E-state index is -1.07. The standard InChI is InChI=1S/C18H19FO4/c1-2-22-16-9-5-6-10-17(16)23-12-11-14(18(20)21)13-7-3-4-8-15(13)19/h3-10,14H,2,11-12H2,1H3,(H,20,21). The molecule has 0 saturated carbocycles. The Morgan fingerprint density at radius 2 is 1.70 bits per heavy atom. The van der Waals surface area contributed by atoms with Gasteiger partial charge in [0.2, 0.25) is 0 Å². The summed E-state index contributed by atoms with van der Waals surface area (Å²) in [5.41, 5.74) is 0.168. The van der Waals surface area contributed by atoms with Crippen molar-refractivity contribution in [2.24, 2.45) is 0 Å². The fraction of sp³-hybridized carbons (Fsp3) is 0.278. The molecule has 0 aliphatic rings. The second-order valence-corrected chi connectivity index (χ2v) is 4.93. The molecule has 0 radical (unpaired) electrons. The molecule has 122 valence electrons. The van der Waals surface area contributed by atoms with Crippen LogP contribution in [-0.4, -0.2) is 24.3 Å². The topological polar surface area (TPSA) is 55.8 Å². The van der Waals surface area contributed by atoms with Crippen molar-refractivity contribution in [2.45, 2.75) is 19.3 Å². The molecule has 1 unspecified atom stereocenters. The van der Waals surface area contributed by atoms with Gasteiger partial charge in [-0.1, -0.05) is 30.3 Å². The molecule has 0 aliphatic carbocycles. The van der Waals surface area contributed by atoms with Crippen LogP contribution in [-0.2, 0) is 4.79 Å². The van der Waals surface area contributed by atoms with E-state index in [0.717, 1.165) is 0 Å². The van der Waals surface area contributed by atoms with Crippen molar-refractivity contribution < 1.29 is 23.8 Å². The number of hydrogen-bond acceptors (Lipinski definition) is 3. The number of benzene rings is 2. The Labute approximate surface area is 134 Å². The predicted molar refractivity (Wildman–Crippen MR) is 84.5 cm³/mol. The van der Waals surface area contributed by atoms with E-state index in [4.69, 9.17) is 9.47 Å². The van der Waals surface area contributed by atoms with Crippen molar-refractivity contribution in [3.63, 3.8) is 0 Å². The molecule has 2 aromatic rings. The zero-order chi connectivity index (χ0) is 16.7. The summed E-state index contributed by atoms with van der Waals surface area (Å²) >= 11 is 0. The molecule has 1 atom stereocenters. The smallest absolute Gasteiger partial charge is 0.311 e. The molecule has 5 heteroatoms. The zero-order valence-electron chi connectivity index (χ0n) is 12.9. The monoisotopic (exact) mass is 318 g/mol. The Morgan fingerprint density at radius 3 is 2.30 bits per heavy atom. The normalized spacial score (nSPS) is 11.7. The van der Waals surface area contributed by atoms with Gasteiger partial charge in [-0.25, -0.2) is 4.39 Å². The lowest BCUT2D eigenvalue weighted by molar-refractivity contribution is -0.139. The molecule has 0 bridgehead atoms. The van der Waals surface area contributed by atoms with Crippen LogP contribution < -0.4 is 9.47 Å². The van der Waals surface area contributed by atoms with Gasteiger partial charge in [0.15, 0.2) is 11.5 Å². The Morgan fingerprint density at radius 1 is 1.09 bits per heavy atom. The van der Waals surface area contributed by atoms with Crippen molar-refractivity contribution >= 4 is 5.97 Å². The van der Waals surface area contributed by atoms with Gasteiger partial charge in [-0.2, -0.15) is 0 Å². The highest BCUT2D eigenvalue weighted by molar-refractivity contribution is 5.76. The summed E-state index contributed by atoms with van der Waals surface area (Å²) in [6.45, 7) is 2.53. The third-order valence-corrected chi connectivity index (χ3v) is 3.39. The molecule has 0 spiro atoms. The van der Waals surface area contributed by atoms with Crippen LogP contribution in [0.1, 0.15) is 24.8 Å². The highest BCUT2D eigenvalue weighted by atomic mass is 19.1. The van der Waals surface area contributed by atoms with E-state index in [1.165, 1.54) is 18.2 Å². The summed E-state index contributed by atoms with van der Waals surface area (Å²) in [5, 5.41) is 9.34. The van der Waals surface area contributed by atoms with Gasteiger partial charge in [-0.15, -0.1) is 0 Å². The number of ether oxygens (including phenoxy) is 2. The van der Waals surface area contributed by atoms with Gasteiger partial charge < -0.3 is 14.6 Å². The third-order valence-electron chi connectivity index (χ3n) is 3.39. The quantitative estimate of drug-likeness (QED) is 0.803. The van der Waals surface area contributed by atoms with E-state index in [-0.39, 0.29) is 18.6 Å². The number of halogens is 1. The molecule has 0 aliphatic heterocycles. The first kappa shape index (κ1) is 16.8. The van der Waals surface area contributed by atoms with Crippen LogP contribution in [0.3, 0.4) is 0 Å². The minimum absolute atomic E-state index is 0.148. The molecule has 2 aromatic carbocycles. The average Bonchev–Trinajstić information content (AvgIpc) is 2.54. The average molecular weight is 318 g/mol. The van der Waals surface area contributed by atoms with E-state index >= 15 is 0 Å². The Bertz CT molecular complexity index is 657. The van der Waals surface area contributed by atoms with Crippen LogP contribution in [0.25, 0.3) is 0 Å². The van der Waals surface area contributed by atoms with Gasteiger partial charge in [-0.3, -0.25) is 4.79 Å². The summed E-state index contributed by atoms with van der Waals surface area (Å²) in [7, 11) is 0. The van der Waals surface area contributed by atoms with Crippen molar-refractivity contribution in [1.29, 1.82) is 0 Å². The fourth-order valence-corrected chi connectivity index (χ4v) is 2.30. The number of hydrogen-bond donors (Lipinski definition) is 1. The summed E-state index contributed by atoms with van der Waals surface area (Å²) in [4.78, 5) is 11.4. The molecule has 0 fully saturated rings. The Kier molecular flexibility index (Phi) is 5.97. The number of carbonyl (C=O) groups is 1.